The second kappa shape index (κ2) is 5.43. The standard InChI is InChI=1S/C12H15N7O2/c1-8-4-5-10(19(20)21)12(13-8)18-6-2-3-9(7-18)11-14-16-17-15-11/h4-5,9H,2-3,6-7H2,1H3,(H,14,15,16,17). The molecule has 0 aromatic carbocycles. The Kier molecular flexibility index (Phi) is 3.46. The van der Waals surface area contributed by atoms with Crippen LogP contribution in [0.2, 0.25) is 0 Å². The van der Waals surface area contributed by atoms with E-state index in [2.05, 4.69) is 25.6 Å². The Morgan fingerprint density at radius 3 is 3.05 bits per heavy atom. The number of pyridine rings is 1. The number of anilines is 1. The topological polar surface area (TPSA) is 114 Å². The number of nitro groups is 1. The maximum absolute atomic E-state index is 11.2. The molecule has 3 heterocycles. The third-order valence-corrected chi connectivity index (χ3v) is 3.64. The van der Waals surface area contributed by atoms with Crippen LogP contribution < -0.4 is 4.90 Å². The van der Waals surface area contributed by atoms with Gasteiger partial charge in [0.15, 0.2) is 5.82 Å². The Hall–Kier alpha value is -2.58. The summed E-state index contributed by atoms with van der Waals surface area (Å²) < 4.78 is 0. The number of nitrogens with zero attached hydrogens (tertiary/aromatic N) is 6. The fourth-order valence-electron chi connectivity index (χ4n) is 2.63. The molecule has 0 amide bonds. The Balaban J connectivity index is 1.89. The first-order chi connectivity index (χ1) is 10.1. The highest BCUT2D eigenvalue weighted by molar-refractivity contribution is 5.58. The molecule has 1 unspecified atom stereocenters. The lowest BCUT2D eigenvalue weighted by molar-refractivity contribution is -0.384. The number of aromatic amines is 1. The molecule has 1 fully saturated rings. The van der Waals surface area contributed by atoms with Gasteiger partial charge in [0.2, 0.25) is 5.82 Å². The summed E-state index contributed by atoms with van der Waals surface area (Å²) in [7, 11) is 0. The second-order valence-corrected chi connectivity index (χ2v) is 5.11. The molecule has 2 aromatic heterocycles. The lowest BCUT2D eigenvalue weighted by atomic mass is 9.97. The molecule has 0 saturated carbocycles. The molecule has 110 valence electrons. The van der Waals surface area contributed by atoms with E-state index in [0.717, 1.165) is 25.1 Å². The normalized spacial score (nSPS) is 18.7. The summed E-state index contributed by atoms with van der Waals surface area (Å²) in [5, 5.41) is 25.2. The zero-order valence-corrected chi connectivity index (χ0v) is 11.6. The van der Waals surface area contributed by atoms with Gasteiger partial charge in [-0.2, -0.15) is 5.21 Å². The number of tetrazole rings is 1. The molecule has 1 atom stereocenters. The van der Waals surface area contributed by atoms with E-state index in [0.29, 0.717) is 18.2 Å². The Morgan fingerprint density at radius 2 is 2.33 bits per heavy atom. The van der Waals surface area contributed by atoms with Crippen molar-refractivity contribution in [3.8, 4) is 0 Å². The largest absolute Gasteiger partial charge is 0.350 e. The number of hydrogen-bond donors (Lipinski definition) is 1. The van der Waals surface area contributed by atoms with E-state index in [4.69, 9.17) is 0 Å². The van der Waals surface area contributed by atoms with Crippen molar-refractivity contribution in [1.29, 1.82) is 0 Å². The molecule has 0 aliphatic carbocycles. The minimum absolute atomic E-state index is 0.0364. The molecular formula is C12H15N7O2. The summed E-state index contributed by atoms with van der Waals surface area (Å²) in [5.74, 6) is 1.18. The van der Waals surface area contributed by atoms with Gasteiger partial charge >= 0.3 is 5.69 Å². The zero-order valence-electron chi connectivity index (χ0n) is 11.6. The summed E-state index contributed by atoms with van der Waals surface area (Å²) in [6.45, 7) is 3.18. The highest BCUT2D eigenvalue weighted by Crippen LogP contribution is 2.32. The highest BCUT2D eigenvalue weighted by Gasteiger charge is 2.29. The minimum atomic E-state index is -0.389. The van der Waals surface area contributed by atoms with Crippen molar-refractivity contribution in [2.75, 3.05) is 18.0 Å². The van der Waals surface area contributed by atoms with E-state index in [1.54, 1.807) is 6.07 Å². The van der Waals surface area contributed by atoms with Crippen molar-refractivity contribution in [3.05, 3.63) is 33.8 Å². The Morgan fingerprint density at radius 1 is 1.48 bits per heavy atom. The van der Waals surface area contributed by atoms with Crippen LogP contribution in [0.15, 0.2) is 12.1 Å². The summed E-state index contributed by atoms with van der Waals surface area (Å²) in [6, 6.07) is 3.16. The van der Waals surface area contributed by atoms with Crippen molar-refractivity contribution in [2.45, 2.75) is 25.7 Å². The molecule has 0 spiro atoms. The molecule has 1 saturated heterocycles. The van der Waals surface area contributed by atoms with Crippen LogP contribution in [0.1, 0.15) is 30.3 Å². The van der Waals surface area contributed by atoms with Crippen LogP contribution in [0.3, 0.4) is 0 Å². The van der Waals surface area contributed by atoms with E-state index < -0.39 is 0 Å². The molecule has 3 rings (SSSR count). The third-order valence-electron chi connectivity index (χ3n) is 3.64. The molecule has 21 heavy (non-hydrogen) atoms. The molecule has 1 aliphatic heterocycles. The van der Waals surface area contributed by atoms with E-state index >= 15 is 0 Å². The average Bonchev–Trinajstić information content (AvgIpc) is 3.01. The zero-order chi connectivity index (χ0) is 14.8. The van der Waals surface area contributed by atoms with Crippen LogP contribution in [-0.4, -0.2) is 43.6 Å². The SMILES string of the molecule is Cc1ccc([N+](=O)[O-])c(N2CCCC(c3nn[nH]n3)C2)n1. The number of aromatic nitrogens is 5. The second-order valence-electron chi connectivity index (χ2n) is 5.11. The van der Waals surface area contributed by atoms with Gasteiger partial charge in [-0.3, -0.25) is 10.1 Å². The van der Waals surface area contributed by atoms with Crippen LogP contribution in [0.5, 0.6) is 0 Å². The minimum Gasteiger partial charge on any atom is -0.350 e. The molecule has 0 radical (unpaired) electrons. The number of nitrogens with one attached hydrogen (secondary N) is 1. The molecule has 9 heteroatoms. The summed E-state index contributed by atoms with van der Waals surface area (Å²) in [6.07, 6.45) is 1.85. The van der Waals surface area contributed by atoms with Crippen LogP contribution in [-0.2, 0) is 0 Å². The lowest BCUT2D eigenvalue weighted by Gasteiger charge is -2.31. The van der Waals surface area contributed by atoms with Crippen LogP contribution in [0.4, 0.5) is 11.5 Å². The summed E-state index contributed by atoms with van der Waals surface area (Å²) in [4.78, 5) is 17.1. The lowest BCUT2D eigenvalue weighted by Crippen LogP contribution is -2.35. The van der Waals surface area contributed by atoms with Gasteiger partial charge in [0.1, 0.15) is 0 Å². The van der Waals surface area contributed by atoms with E-state index in [1.165, 1.54) is 6.07 Å². The molecule has 1 aliphatic rings. The van der Waals surface area contributed by atoms with Crippen molar-refractivity contribution in [2.24, 2.45) is 0 Å². The summed E-state index contributed by atoms with van der Waals surface area (Å²) in [5.41, 5.74) is 0.798. The van der Waals surface area contributed by atoms with Gasteiger partial charge in [-0.25, -0.2) is 4.98 Å². The summed E-state index contributed by atoms with van der Waals surface area (Å²) >= 11 is 0. The van der Waals surface area contributed by atoms with Gasteiger partial charge in [0.05, 0.1) is 4.92 Å². The number of aryl methyl sites for hydroxylation is 1. The quantitative estimate of drug-likeness (QED) is 0.666. The molecular weight excluding hydrogens is 274 g/mol. The van der Waals surface area contributed by atoms with E-state index in [-0.39, 0.29) is 16.5 Å². The number of H-pyrrole nitrogens is 1. The first kappa shape index (κ1) is 13.4. The van der Waals surface area contributed by atoms with Crippen molar-refractivity contribution in [3.63, 3.8) is 0 Å². The Bertz CT molecular complexity index is 643. The number of rotatable bonds is 3. The molecule has 1 N–H and O–H groups in total. The van der Waals surface area contributed by atoms with Crippen molar-refractivity contribution >= 4 is 11.5 Å². The molecule has 0 bridgehead atoms. The van der Waals surface area contributed by atoms with Gasteiger partial charge < -0.3 is 4.90 Å². The predicted molar refractivity (Wildman–Crippen MR) is 74.0 cm³/mol. The van der Waals surface area contributed by atoms with Crippen molar-refractivity contribution < 1.29 is 4.92 Å². The van der Waals surface area contributed by atoms with Gasteiger partial charge in [-0.15, -0.1) is 10.2 Å². The first-order valence-corrected chi connectivity index (χ1v) is 6.75. The van der Waals surface area contributed by atoms with Gasteiger partial charge in [-0.05, 0) is 25.8 Å². The van der Waals surface area contributed by atoms with Crippen molar-refractivity contribution in [1.82, 2.24) is 25.6 Å². The van der Waals surface area contributed by atoms with Gasteiger partial charge in [0, 0.05) is 30.8 Å². The highest BCUT2D eigenvalue weighted by atomic mass is 16.6. The van der Waals surface area contributed by atoms with Crippen LogP contribution in [0, 0.1) is 17.0 Å². The van der Waals surface area contributed by atoms with E-state index in [9.17, 15) is 10.1 Å². The Labute approximate surface area is 120 Å². The smallest absolute Gasteiger partial charge is 0.311 e. The maximum Gasteiger partial charge on any atom is 0.311 e. The fourth-order valence-corrected chi connectivity index (χ4v) is 2.63. The van der Waals surface area contributed by atoms with E-state index in [1.807, 2.05) is 11.8 Å². The fraction of sp³-hybridized carbons (Fsp3) is 0.500. The molecule has 2 aromatic rings. The predicted octanol–water partition coefficient (Wildman–Crippen LogP) is 1.20. The average molecular weight is 289 g/mol. The number of hydrogen-bond acceptors (Lipinski definition) is 7. The van der Waals surface area contributed by atoms with Crippen LogP contribution >= 0.6 is 0 Å². The maximum atomic E-state index is 11.2. The van der Waals surface area contributed by atoms with Crippen LogP contribution in [0.25, 0.3) is 0 Å². The monoisotopic (exact) mass is 289 g/mol. The third kappa shape index (κ3) is 2.67. The first-order valence-electron chi connectivity index (χ1n) is 6.75. The van der Waals surface area contributed by atoms with Gasteiger partial charge in [0.25, 0.3) is 0 Å². The molecule has 9 nitrogen and oxygen atoms in total. The number of piperidine rings is 1. The van der Waals surface area contributed by atoms with Gasteiger partial charge in [-0.1, -0.05) is 5.21 Å².